The Morgan fingerprint density at radius 3 is 2.43 bits per heavy atom. The van der Waals surface area contributed by atoms with Crippen LogP contribution in [0.2, 0.25) is 0 Å². The van der Waals surface area contributed by atoms with Crippen molar-refractivity contribution in [3.63, 3.8) is 0 Å². The van der Waals surface area contributed by atoms with Crippen molar-refractivity contribution in [2.75, 3.05) is 72.1 Å². The molecule has 4 aliphatic rings. The van der Waals surface area contributed by atoms with E-state index in [9.17, 15) is 9.59 Å². The lowest BCUT2D eigenvalue weighted by Gasteiger charge is -2.38. The molecule has 4 saturated heterocycles. The number of hydrogen-bond donors (Lipinski definition) is 0. The molecule has 0 radical (unpaired) electrons. The summed E-state index contributed by atoms with van der Waals surface area (Å²) >= 11 is 0. The first-order valence-corrected chi connectivity index (χ1v) is 10.9. The maximum absolute atomic E-state index is 12.5. The topological polar surface area (TPSA) is 65.6 Å². The summed E-state index contributed by atoms with van der Waals surface area (Å²) in [6.07, 6.45) is 2.80. The maximum Gasteiger partial charge on any atom is 0.410 e. The molecule has 0 aliphatic carbocycles. The van der Waals surface area contributed by atoms with Crippen LogP contribution >= 0.6 is 0 Å². The Kier molecular flexibility index (Phi) is 6.08. The highest BCUT2D eigenvalue weighted by Gasteiger charge is 2.48. The van der Waals surface area contributed by atoms with Crippen LogP contribution in [0, 0.1) is 0 Å². The summed E-state index contributed by atoms with van der Waals surface area (Å²) in [6.45, 7) is 12.0. The fourth-order valence-electron chi connectivity index (χ4n) is 4.83. The Balaban J connectivity index is 1.23. The minimum absolute atomic E-state index is 0.111. The fraction of sp³-hybridized carbons (Fsp3) is 0.900. The average Bonchev–Trinajstić information content (AvgIpc) is 3.35. The molecule has 28 heavy (non-hydrogen) atoms. The third-order valence-corrected chi connectivity index (χ3v) is 6.83. The molecule has 0 N–H and O–H groups in total. The van der Waals surface area contributed by atoms with Crippen LogP contribution in [-0.4, -0.2) is 115 Å². The van der Waals surface area contributed by atoms with Crippen LogP contribution in [0.3, 0.4) is 0 Å². The summed E-state index contributed by atoms with van der Waals surface area (Å²) in [7, 11) is 0. The SMILES string of the molecule is CCN1CCN(CCN2CC3(CCN(C(=O)C4CCCO4)CC3)OC2=O)CC1. The van der Waals surface area contributed by atoms with E-state index in [1.807, 2.05) is 9.80 Å². The van der Waals surface area contributed by atoms with Gasteiger partial charge in [0.2, 0.25) is 0 Å². The van der Waals surface area contributed by atoms with Crippen molar-refractivity contribution < 1.29 is 19.1 Å². The van der Waals surface area contributed by atoms with Crippen molar-refractivity contribution in [1.29, 1.82) is 0 Å². The predicted molar refractivity (Wildman–Crippen MR) is 104 cm³/mol. The van der Waals surface area contributed by atoms with E-state index >= 15 is 0 Å². The van der Waals surface area contributed by atoms with Crippen molar-refractivity contribution in [2.24, 2.45) is 0 Å². The smallest absolute Gasteiger partial charge is 0.410 e. The Bertz CT molecular complexity index is 565. The molecule has 0 aromatic carbocycles. The molecule has 0 saturated carbocycles. The van der Waals surface area contributed by atoms with Gasteiger partial charge in [0.25, 0.3) is 5.91 Å². The highest BCUT2D eigenvalue weighted by Crippen LogP contribution is 2.33. The van der Waals surface area contributed by atoms with Gasteiger partial charge in [-0.15, -0.1) is 0 Å². The first-order valence-electron chi connectivity index (χ1n) is 10.9. The van der Waals surface area contributed by atoms with Gasteiger partial charge in [-0.25, -0.2) is 4.79 Å². The molecular weight excluding hydrogens is 360 g/mol. The van der Waals surface area contributed by atoms with Crippen molar-refractivity contribution in [3.8, 4) is 0 Å². The third-order valence-electron chi connectivity index (χ3n) is 6.83. The van der Waals surface area contributed by atoms with E-state index in [2.05, 4.69) is 16.7 Å². The number of likely N-dealkylation sites (N-methyl/N-ethyl adjacent to an activating group) is 1. The van der Waals surface area contributed by atoms with Gasteiger partial charge in [0, 0.05) is 71.8 Å². The molecule has 1 atom stereocenters. The van der Waals surface area contributed by atoms with Gasteiger partial charge in [-0.1, -0.05) is 6.92 Å². The molecule has 2 amide bonds. The second-order valence-electron chi connectivity index (χ2n) is 8.58. The second kappa shape index (κ2) is 8.55. The lowest BCUT2D eigenvalue weighted by atomic mass is 9.91. The van der Waals surface area contributed by atoms with Gasteiger partial charge in [-0.3, -0.25) is 9.69 Å². The molecule has 0 aromatic rings. The molecule has 4 fully saturated rings. The van der Waals surface area contributed by atoms with Gasteiger partial charge >= 0.3 is 6.09 Å². The number of carbonyl (C=O) groups is 2. The number of piperazine rings is 1. The van der Waals surface area contributed by atoms with Crippen LogP contribution < -0.4 is 0 Å². The quantitative estimate of drug-likeness (QED) is 0.681. The molecule has 4 heterocycles. The average molecular weight is 395 g/mol. The monoisotopic (exact) mass is 394 g/mol. The highest BCUT2D eigenvalue weighted by atomic mass is 16.6. The van der Waals surface area contributed by atoms with Crippen molar-refractivity contribution >= 4 is 12.0 Å². The molecule has 0 aromatic heterocycles. The summed E-state index contributed by atoms with van der Waals surface area (Å²) in [5.74, 6) is 0.111. The van der Waals surface area contributed by atoms with Crippen LogP contribution in [-0.2, 0) is 14.3 Å². The minimum atomic E-state index is -0.411. The first-order chi connectivity index (χ1) is 13.6. The number of hydrogen-bond acceptors (Lipinski definition) is 6. The molecular formula is C20H34N4O4. The van der Waals surface area contributed by atoms with Gasteiger partial charge in [0.1, 0.15) is 11.7 Å². The Morgan fingerprint density at radius 1 is 1.07 bits per heavy atom. The fourth-order valence-corrected chi connectivity index (χ4v) is 4.83. The summed E-state index contributed by atoms with van der Waals surface area (Å²) in [6, 6.07) is 0. The summed E-state index contributed by atoms with van der Waals surface area (Å²) in [5.41, 5.74) is -0.411. The number of ether oxygens (including phenoxy) is 2. The molecule has 8 heteroatoms. The standard InChI is InChI=1S/C20H34N4O4/c1-2-21-9-11-22(12-10-21)13-14-24-16-20(28-19(24)26)5-7-23(8-6-20)18(25)17-4-3-15-27-17/h17H,2-16H2,1H3. The molecule has 158 valence electrons. The van der Waals surface area contributed by atoms with Gasteiger partial charge in [0.15, 0.2) is 0 Å². The van der Waals surface area contributed by atoms with Crippen LogP contribution in [0.15, 0.2) is 0 Å². The van der Waals surface area contributed by atoms with Gasteiger partial charge < -0.3 is 24.2 Å². The van der Waals surface area contributed by atoms with Gasteiger partial charge in [-0.05, 0) is 19.4 Å². The van der Waals surface area contributed by atoms with E-state index in [0.717, 1.165) is 71.5 Å². The molecule has 1 spiro atoms. The van der Waals surface area contributed by atoms with E-state index < -0.39 is 5.60 Å². The van der Waals surface area contributed by atoms with E-state index in [-0.39, 0.29) is 18.1 Å². The number of nitrogens with zero attached hydrogens (tertiary/aromatic N) is 4. The van der Waals surface area contributed by atoms with Crippen molar-refractivity contribution in [3.05, 3.63) is 0 Å². The maximum atomic E-state index is 12.5. The molecule has 8 nitrogen and oxygen atoms in total. The second-order valence-corrected chi connectivity index (χ2v) is 8.58. The minimum Gasteiger partial charge on any atom is -0.441 e. The van der Waals surface area contributed by atoms with E-state index in [1.54, 1.807) is 0 Å². The van der Waals surface area contributed by atoms with Gasteiger partial charge in [0.05, 0.1) is 6.54 Å². The zero-order chi connectivity index (χ0) is 19.6. The molecule has 4 rings (SSSR count). The number of likely N-dealkylation sites (tertiary alicyclic amines) is 1. The Labute approximate surface area is 167 Å². The third kappa shape index (κ3) is 4.28. The number of rotatable bonds is 5. The zero-order valence-electron chi connectivity index (χ0n) is 17.1. The van der Waals surface area contributed by atoms with Crippen LogP contribution in [0.25, 0.3) is 0 Å². The molecule has 1 unspecified atom stereocenters. The van der Waals surface area contributed by atoms with E-state index in [1.165, 1.54) is 0 Å². The summed E-state index contributed by atoms with van der Waals surface area (Å²) in [5, 5.41) is 0. The van der Waals surface area contributed by atoms with E-state index in [4.69, 9.17) is 9.47 Å². The largest absolute Gasteiger partial charge is 0.441 e. The Morgan fingerprint density at radius 2 is 1.79 bits per heavy atom. The summed E-state index contributed by atoms with van der Waals surface area (Å²) in [4.78, 5) is 33.6. The predicted octanol–water partition coefficient (Wildman–Crippen LogP) is 0.616. The van der Waals surface area contributed by atoms with Crippen LogP contribution in [0.5, 0.6) is 0 Å². The lowest BCUT2D eigenvalue weighted by Crippen LogP contribution is -2.51. The lowest BCUT2D eigenvalue weighted by molar-refractivity contribution is -0.144. The van der Waals surface area contributed by atoms with Crippen LogP contribution in [0.4, 0.5) is 4.79 Å². The number of amides is 2. The molecule has 4 aliphatic heterocycles. The van der Waals surface area contributed by atoms with Crippen molar-refractivity contribution in [1.82, 2.24) is 19.6 Å². The first kappa shape index (κ1) is 19.9. The Hall–Kier alpha value is -1.38. The zero-order valence-corrected chi connectivity index (χ0v) is 17.1. The molecule has 0 bridgehead atoms. The van der Waals surface area contributed by atoms with E-state index in [0.29, 0.717) is 26.2 Å². The van der Waals surface area contributed by atoms with Gasteiger partial charge in [-0.2, -0.15) is 0 Å². The van der Waals surface area contributed by atoms with Crippen LogP contribution in [0.1, 0.15) is 32.6 Å². The summed E-state index contributed by atoms with van der Waals surface area (Å²) < 4.78 is 11.4. The highest BCUT2D eigenvalue weighted by molar-refractivity contribution is 5.81. The number of carbonyl (C=O) groups excluding carboxylic acids is 2. The van der Waals surface area contributed by atoms with Crippen molar-refractivity contribution in [2.45, 2.75) is 44.3 Å². The normalized spacial score (nSPS) is 28.9. The number of piperidine rings is 1.